The molecule has 0 aromatic heterocycles. The molecule has 5 rings (SSSR count). The predicted octanol–water partition coefficient (Wildman–Crippen LogP) is 10.5. The first kappa shape index (κ1) is 41.3. The van der Waals surface area contributed by atoms with Crippen LogP contribution in [0.2, 0.25) is 0 Å². The van der Waals surface area contributed by atoms with Gasteiger partial charge in [-0.15, -0.1) is 0 Å². The van der Waals surface area contributed by atoms with Crippen molar-refractivity contribution in [3.8, 4) is 28.7 Å². The van der Waals surface area contributed by atoms with Crippen molar-refractivity contribution < 1.29 is 49.8 Å². The Hall–Kier alpha value is -4.83. The fourth-order valence-electron chi connectivity index (χ4n) is 8.09. The van der Waals surface area contributed by atoms with Crippen molar-refractivity contribution >= 4 is 29.8 Å². The molecule has 5 nitrogen and oxygen atoms in total. The maximum atomic E-state index is 14.7. The van der Waals surface area contributed by atoms with Crippen molar-refractivity contribution in [2.45, 2.75) is 64.1 Å². The van der Waals surface area contributed by atoms with Crippen LogP contribution in [0.1, 0.15) is 41.5 Å². The van der Waals surface area contributed by atoms with E-state index in [1.807, 2.05) is 90.1 Å². The molecule has 0 radical (unpaired) electrons. The van der Waals surface area contributed by atoms with Gasteiger partial charge >= 0.3 is 319 Å². The molecular formula is C42H44BF6O5P. The van der Waals surface area contributed by atoms with E-state index >= 15 is 0 Å². The number of para-hydroxylation sites is 3. The average molecular weight is 785 g/mol. The van der Waals surface area contributed by atoms with Crippen LogP contribution in [0, 0.1) is 0 Å². The number of hydrogen-bond donors (Lipinski definition) is 0. The van der Waals surface area contributed by atoms with Crippen molar-refractivity contribution in [3.05, 3.63) is 133 Å². The molecule has 0 atom stereocenters. The molecule has 5 aromatic rings. The number of halogens is 6. The van der Waals surface area contributed by atoms with E-state index in [-0.39, 0.29) is 11.1 Å². The zero-order chi connectivity index (χ0) is 40.1. The summed E-state index contributed by atoms with van der Waals surface area (Å²) < 4.78 is 115. The van der Waals surface area contributed by atoms with Crippen LogP contribution < -0.4 is 39.4 Å². The molecule has 0 saturated heterocycles. The van der Waals surface area contributed by atoms with Crippen molar-refractivity contribution in [3.63, 3.8) is 0 Å². The second-order valence-corrected chi connectivity index (χ2v) is 21.4. The van der Waals surface area contributed by atoms with Gasteiger partial charge < -0.3 is 0 Å². The summed E-state index contributed by atoms with van der Waals surface area (Å²) in [5.41, 5.74) is 0. The Bertz CT molecular complexity index is 1930. The molecule has 0 aliphatic rings. The molecule has 0 heterocycles. The number of hydrogen-bond acceptors (Lipinski definition) is 5. The van der Waals surface area contributed by atoms with E-state index in [1.165, 1.54) is 12.1 Å². The summed E-state index contributed by atoms with van der Waals surface area (Å²) in [7, 11) is -1.39. The molecule has 0 N–H and O–H groups in total. The summed E-state index contributed by atoms with van der Waals surface area (Å²) >= 11 is 0. The van der Waals surface area contributed by atoms with Crippen LogP contribution in [0.25, 0.3) is 0 Å². The molecule has 0 amide bonds. The minimum absolute atomic E-state index is 0.245. The monoisotopic (exact) mass is 784 g/mol. The van der Waals surface area contributed by atoms with Gasteiger partial charge in [-0.1, -0.05) is 0 Å². The van der Waals surface area contributed by atoms with Crippen molar-refractivity contribution in [1.29, 1.82) is 0 Å². The fraction of sp³-hybridized carbons (Fsp3) is 0.286. The summed E-state index contributed by atoms with van der Waals surface area (Å²) in [5.74, 6) is -0.203. The van der Waals surface area contributed by atoms with Crippen molar-refractivity contribution in [2.75, 3.05) is 13.3 Å². The van der Waals surface area contributed by atoms with Gasteiger partial charge in [0.1, 0.15) is 0 Å². The Morgan fingerprint density at radius 2 is 0.873 bits per heavy atom. The first-order valence-electron chi connectivity index (χ1n) is 17.5. The molecule has 5 aromatic carbocycles. The van der Waals surface area contributed by atoms with Crippen LogP contribution in [0.3, 0.4) is 0 Å². The van der Waals surface area contributed by atoms with Gasteiger partial charge in [-0.3, -0.25) is 0 Å². The molecule has 0 aliphatic carbocycles. The van der Waals surface area contributed by atoms with Gasteiger partial charge in [-0.2, -0.15) is 0 Å². The van der Waals surface area contributed by atoms with Gasteiger partial charge in [-0.25, -0.2) is 0 Å². The topological polar surface area (TPSA) is 46.2 Å². The molecule has 0 fully saturated rings. The Labute approximate surface area is 318 Å². The molecule has 0 unspecified atom stereocenters. The average Bonchev–Trinajstić information content (AvgIpc) is 3.12. The normalized spacial score (nSPS) is 13.3. The Kier molecular flexibility index (Phi) is 11.8. The van der Waals surface area contributed by atoms with Crippen LogP contribution in [0.15, 0.2) is 133 Å². The van der Waals surface area contributed by atoms with Gasteiger partial charge in [0, 0.05) is 0 Å². The predicted molar refractivity (Wildman–Crippen MR) is 208 cm³/mol. The second kappa shape index (κ2) is 15.7. The molecule has 0 bridgehead atoms. The molecule has 55 heavy (non-hydrogen) atoms. The van der Waals surface area contributed by atoms with E-state index in [1.54, 1.807) is 66.7 Å². The van der Waals surface area contributed by atoms with Gasteiger partial charge in [0.15, 0.2) is 0 Å². The molecule has 13 heteroatoms. The zero-order valence-electron chi connectivity index (χ0n) is 31.4. The SMILES string of the molecule is CC(C)(C)P(c1ccccc1)(c1cc(OC(F)(F)CF)cc(OC(F)(F)CF)c1)(c1ccccc1OB(Oc1ccccc1)Oc1ccccc1)C(C)(C)C. The van der Waals surface area contributed by atoms with Crippen LogP contribution >= 0.6 is 6.60 Å². The Morgan fingerprint density at radius 1 is 0.473 bits per heavy atom. The van der Waals surface area contributed by atoms with Gasteiger partial charge in [0.05, 0.1) is 0 Å². The summed E-state index contributed by atoms with van der Waals surface area (Å²) in [6, 6.07) is 37.5. The first-order chi connectivity index (χ1) is 25.9. The van der Waals surface area contributed by atoms with E-state index in [9.17, 15) is 26.3 Å². The third-order valence-electron chi connectivity index (χ3n) is 9.70. The standard InChI is InChI=1S/C42H44BF6O5P/c1-39(2,3)55(40(4,5)6,35-22-14-9-15-23-35,36-27-33(50-41(46,47)29-44)26-34(28-36)51-42(48,49)30-45)38-25-17-16-24-37(38)54-43(52-31-18-10-7-11-19-31)53-32-20-12-8-13-21-32/h7-28H,29-30H2,1-6H3. The van der Waals surface area contributed by atoms with Crippen molar-refractivity contribution in [1.82, 2.24) is 0 Å². The Balaban J connectivity index is 1.92. The summed E-state index contributed by atoms with van der Waals surface area (Å²) in [4.78, 5) is 0. The van der Waals surface area contributed by atoms with E-state index in [0.29, 0.717) is 22.1 Å². The summed E-state index contributed by atoms with van der Waals surface area (Å²) in [5, 5.41) is -0.305. The van der Waals surface area contributed by atoms with Gasteiger partial charge in [0.25, 0.3) is 0 Å². The second-order valence-electron chi connectivity index (χ2n) is 14.9. The van der Waals surface area contributed by atoms with E-state index in [4.69, 9.17) is 23.4 Å². The van der Waals surface area contributed by atoms with E-state index in [0.717, 1.165) is 6.07 Å². The number of rotatable bonds is 15. The molecule has 0 spiro atoms. The molecule has 292 valence electrons. The number of benzene rings is 5. The first-order valence-corrected chi connectivity index (χ1v) is 19.8. The van der Waals surface area contributed by atoms with E-state index in [2.05, 4.69) is 0 Å². The molecule has 0 saturated carbocycles. The third kappa shape index (κ3) is 7.84. The molecular weight excluding hydrogens is 740 g/mol. The zero-order valence-corrected chi connectivity index (χ0v) is 32.3. The summed E-state index contributed by atoms with van der Waals surface area (Å²) in [6.07, 6.45) is -8.66. The quantitative estimate of drug-likeness (QED) is 0.0601. The van der Waals surface area contributed by atoms with E-state index < -0.39 is 61.3 Å². The fourth-order valence-corrected chi connectivity index (χ4v) is 18.0. The van der Waals surface area contributed by atoms with Gasteiger partial charge in [-0.05, 0) is 0 Å². The van der Waals surface area contributed by atoms with Crippen molar-refractivity contribution in [2.24, 2.45) is 0 Å². The Morgan fingerprint density at radius 3 is 1.29 bits per heavy atom. The van der Waals surface area contributed by atoms with Crippen LogP contribution in [0.5, 0.6) is 28.7 Å². The van der Waals surface area contributed by atoms with Crippen LogP contribution in [0.4, 0.5) is 26.3 Å². The molecule has 0 aliphatic heterocycles. The van der Waals surface area contributed by atoms with Gasteiger partial charge in [0.2, 0.25) is 0 Å². The van der Waals surface area contributed by atoms with Crippen LogP contribution in [-0.2, 0) is 0 Å². The minimum atomic E-state index is -4.54. The third-order valence-corrected chi connectivity index (χ3v) is 19.0. The summed E-state index contributed by atoms with van der Waals surface area (Å²) in [6.45, 7) is 2.89. The number of ether oxygens (including phenoxy) is 2. The van der Waals surface area contributed by atoms with Crippen LogP contribution in [-0.4, -0.2) is 43.2 Å². The number of alkyl halides is 6. The maximum absolute atomic E-state index is 14.7.